The second kappa shape index (κ2) is 4.82. The third kappa shape index (κ3) is 2.49. The maximum absolute atomic E-state index is 10.2. The number of aldehydes is 1. The molecule has 0 saturated carbocycles. The third-order valence-corrected chi connectivity index (χ3v) is 2.39. The van der Waals surface area contributed by atoms with Gasteiger partial charge in [0.05, 0.1) is 0 Å². The molecule has 80 valence electrons. The number of fused-ring (bicyclic) bond motifs is 1. The zero-order chi connectivity index (χ0) is 10.5. The highest BCUT2D eigenvalue weighted by Gasteiger charge is 2.11. The largest absolute Gasteiger partial charge is 0.486 e. The Kier molecular flexibility index (Phi) is 3.22. The number of carbonyl (C=O) groups excluding carboxylic acids is 1. The number of rotatable bonds is 4. The molecule has 3 nitrogen and oxygen atoms in total. The molecule has 1 aromatic rings. The summed E-state index contributed by atoms with van der Waals surface area (Å²) >= 11 is 0. The highest BCUT2D eigenvalue weighted by atomic mass is 16.6. The average molecular weight is 206 g/mol. The molecule has 1 aromatic carbocycles. The highest BCUT2D eigenvalue weighted by Crippen LogP contribution is 2.31. The van der Waals surface area contributed by atoms with Gasteiger partial charge in [0.15, 0.2) is 11.5 Å². The van der Waals surface area contributed by atoms with Crippen LogP contribution < -0.4 is 9.47 Å². The Balaban J connectivity index is 2.03. The number of carbonyl (C=O) groups is 1. The van der Waals surface area contributed by atoms with Crippen molar-refractivity contribution in [2.75, 3.05) is 13.2 Å². The third-order valence-electron chi connectivity index (χ3n) is 2.39. The van der Waals surface area contributed by atoms with E-state index in [2.05, 4.69) is 0 Å². The molecule has 1 aliphatic rings. The van der Waals surface area contributed by atoms with Gasteiger partial charge in [0.25, 0.3) is 0 Å². The maximum Gasteiger partial charge on any atom is 0.161 e. The molecule has 1 heterocycles. The van der Waals surface area contributed by atoms with Gasteiger partial charge in [0.2, 0.25) is 0 Å². The summed E-state index contributed by atoms with van der Waals surface area (Å²) in [6, 6.07) is 5.96. The first-order valence-electron chi connectivity index (χ1n) is 5.22. The summed E-state index contributed by atoms with van der Waals surface area (Å²) < 4.78 is 10.9. The second-order valence-corrected chi connectivity index (χ2v) is 3.54. The maximum atomic E-state index is 10.2. The van der Waals surface area contributed by atoms with Gasteiger partial charge in [-0.05, 0) is 30.5 Å². The monoisotopic (exact) mass is 206 g/mol. The molecule has 0 radical (unpaired) electrons. The van der Waals surface area contributed by atoms with Crippen LogP contribution in [0.5, 0.6) is 11.5 Å². The van der Waals surface area contributed by atoms with Crippen LogP contribution in [0, 0.1) is 0 Å². The summed E-state index contributed by atoms with van der Waals surface area (Å²) in [5.74, 6) is 1.64. The summed E-state index contributed by atoms with van der Waals surface area (Å²) in [6.45, 7) is 1.24. The van der Waals surface area contributed by atoms with E-state index in [-0.39, 0.29) is 0 Å². The van der Waals surface area contributed by atoms with Crippen LogP contribution in [0.25, 0.3) is 0 Å². The Morgan fingerprint density at radius 2 is 2.00 bits per heavy atom. The van der Waals surface area contributed by atoms with E-state index in [4.69, 9.17) is 9.47 Å². The molecule has 0 saturated heterocycles. The number of ether oxygens (including phenoxy) is 2. The number of aryl methyl sites for hydroxylation is 1. The van der Waals surface area contributed by atoms with Crippen molar-refractivity contribution in [3.8, 4) is 11.5 Å². The lowest BCUT2D eigenvalue weighted by Crippen LogP contribution is -2.15. The van der Waals surface area contributed by atoms with Crippen LogP contribution in [0.1, 0.15) is 18.4 Å². The van der Waals surface area contributed by atoms with Crippen molar-refractivity contribution in [2.24, 2.45) is 0 Å². The molecule has 0 bridgehead atoms. The van der Waals surface area contributed by atoms with Crippen molar-refractivity contribution in [1.82, 2.24) is 0 Å². The number of hydrogen-bond donors (Lipinski definition) is 0. The lowest BCUT2D eigenvalue weighted by molar-refractivity contribution is -0.107. The van der Waals surface area contributed by atoms with E-state index >= 15 is 0 Å². The van der Waals surface area contributed by atoms with Crippen LogP contribution in [0.4, 0.5) is 0 Å². The molecule has 3 heteroatoms. The van der Waals surface area contributed by atoms with Gasteiger partial charge in [-0.15, -0.1) is 0 Å². The van der Waals surface area contributed by atoms with Gasteiger partial charge in [0.1, 0.15) is 19.5 Å². The van der Waals surface area contributed by atoms with Crippen LogP contribution in [0.3, 0.4) is 0 Å². The Morgan fingerprint density at radius 1 is 1.20 bits per heavy atom. The fourth-order valence-corrected chi connectivity index (χ4v) is 1.63. The van der Waals surface area contributed by atoms with Crippen molar-refractivity contribution in [2.45, 2.75) is 19.3 Å². The summed E-state index contributed by atoms with van der Waals surface area (Å²) in [6.07, 6.45) is 3.38. The van der Waals surface area contributed by atoms with Crippen molar-refractivity contribution in [1.29, 1.82) is 0 Å². The molecule has 0 N–H and O–H groups in total. The number of hydrogen-bond acceptors (Lipinski definition) is 3. The lowest BCUT2D eigenvalue weighted by atomic mass is 10.1. The molecule has 0 unspecified atom stereocenters. The predicted octanol–water partition coefficient (Wildman–Crippen LogP) is 1.98. The normalized spacial score (nSPS) is 13.6. The van der Waals surface area contributed by atoms with Crippen LogP contribution >= 0.6 is 0 Å². The van der Waals surface area contributed by atoms with E-state index in [0.717, 1.165) is 30.6 Å². The lowest BCUT2D eigenvalue weighted by Gasteiger charge is -2.18. The van der Waals surface area contributed by atoms with Crippen LogP contribution in [-0.2, 0) is 11.2 Å². The van der Waals surface area contributed by atoms with E-state index in [9.17, 15) is 4.79 Å². The van der Waals surface area contributed by atoms with Gasteiger partial charge in [-0.3, -0.25) is 0 Å². The zero-order valence-electron chi connectivity index (χ0n) is 8.57. The fourth-order valence-electron chi connectivity index (χ4n) is 1.63. The summed E-state index contributed by atoms with van der Waals surface area (Å²) in [5, 5.41) is 0. The molecule has 0 aliphatic carbocycles. The topological polar surface area (TPSA) is 35.5 Å². The van der Waals surface area contributed by atoms with Gasteiger partial charge in [-0.25, -0.2) is 0 Å². The van der Waals surface area contributed by atoms with Crippen molar-refractivity contribution in [3.63, 3.8) is 0 Å². The second-order valence-electron chi connectivity index (χ2n) is 3.54. The van der Waals surface area contributed by atoms with Crippen molar-refractivity contribution >= 4 is 6.29 Å². The van der Waals surface area contributed by atoms with Gasteiger partial charge >= 0.3 is 0 Å². The highest BCUT2D eigenvalue weighted by molar-refractivity contribution is 5.49. The Labute approximate surface area is 89.0 Å². The molecule has 15 heavy (non-hydrogen) atoms. The first kappa shape index (κ1) is 10.0. The summed E-state index contributed by atoms with van der Waals surface area (Å²) in [5.41, 5.74) is 1.20. The zero-order valence-corrected chi connectivity index (χ0v) is 8.57. The number of unbranched alkanes of at least 4 members (excludes halogenated alkanes) is 1. The molecule has 1 aliphatic heterocycles. The minimum Gasteiger partial charge on any atom is -0.486 e. The Hall–Kier alpha value is -1.51. The van der Waals surface area contributed by atoms with Crippen LogP contribution in [-0.4, -0.2) is 19.5 Å². The molecule has 0 fully saturated rings. The van der Waals surface area contributed by atoms with Crippen LogP contribution in [0.15, 0.2) is 18.2 Å². The van der Waals surface area contributed by atoms with E-state index in [0.29, 0.717) is 19.6 Å². The molecular weight excluding hydrogens is 192 g/mol. The smallest absolute Gasteiger partial charge is 0.161 e. The first-order chi connectivity index (χ1) is 7.40. The van der Waals surface area contributed by atoms with E-state index in [1.165, 1.54) is 5.56 Å². The van der Waals surface area contributed by atoms with Crippen molar-refractivity contribution < 1.29 is 14.3 Å². The molecule has 2 rings (SSSR count). The molecule has 0 spiro atoms. The predicted molar refractivity (Wildman–Crippen MR) is 56.4 cm³/mol. The first-order valence-corrected chi connectivity index (χ1v) is 5.22. The summed E-state index contributed by atoms with van der Waals surface area (Å²) in [4.78, 5) is 10.2. The van der Waals surface area contributed by atoms with Crippen molar-refractivity contribution in [3.05, 3.63) is 23.8 Å². The van der Waals surface area contributed by atoms with Gasteiger partial charge in [-0.2, -0.15) is 0 Å². The van der Waals surface area contributed by atoms with Gasteiger partial charge in [0, 0.05) is 6.42 Å². The SMILES string of the molecule is O=CCCCc1ccc2c(c1)OCCO2. The molecule has 0 aromatic heterocycles. The van der Waals surface area contributed by atoms with Crippen LogP contribution in [0.2, 0.25) is 0 Å². The summed E-state index contributed by atoms with van der Waals surface area (Å²) in [7, 11) is 0. The Bertz CT molecular complexity index is 347. The molecular formula is C12H14O3. The number of benzene rings is 1. The van der Waals surface area contributed by atoms with Gasteiger partial charge in [-0.1, -0.05) is 6.07 Å². The quantitative estimate of drug-likeness (QED) is 0.558. The minimum absolute atomic E-state index is 0.616. The van der Waals surface area contributed by atoms with E-state index in [1.54, 1.807) is 0 Å². The Morgan fingerprint density at radius 3 is 2.80 bits per heavy atom. The van der Waals surface area contributed by atoms with E-state index in [1.807, 2.05) is 18.2 Å². The standard InChI is InChI=1S/C12H14O3/c13-6-2-1-3-10-4-5-11-12(9-10)15-8-7-14-11/h4-6,9H,1-3,7-8H2. The minimum atomic E-state index is 0.616. The van der Waals surface area contributed by atoms with Gasteiger partial charge < -0.3 is 14.3 Å². The molecule has 0 atom stereocenters. The fraction of sp³-hybridized carbons (Fsp3) is 0.417. The average Bonchev–Trinajstić information content (AvgIpc) is 2.29. The molecule has 0 amide bonds. The van der Waals surface area contributed by atoms with E-state index < -0.39 is 0 Å².